The zero-order chi connectivity index (χ0) is 22.0. The third kappa shape index (κ3) is 5.75. The van der Waals surface area contributed by atoms with Crippen molar-refractivity contribution in [1.82, 2.24) is 10.0 Å². The van der Waals surface area contributed by atoms with Crippen LogP contribution < -0.4 is 10.0 Å². The maximum Gasteiger partial charge on any atom is 0.306 e. The minimum Gasteiger partial charge on any atom is -0.481 e. The Morgan fingerprint density at radius 2 is 1.90 bits per heavy atom. The van der Waals surface area contributed by atoms with E-state index in [9.17, 15) is 18.3 Å². The number of sulfonamides is 1. The maximum absolute atomic E-state index is 13.3. The second-order valence-electron chi connectivity index (χ2n) is 10.1. The van der Waals surface area contributed by atoms with Crippen LogP contribution in [0, 0.1) is 17.8 Å². The molecular weight excluding hydrogens is 440 g/mol. The first-order chi connectivity index (χ1) is 14.8. The molecule has 0 radical (unpaired) electrons. The molecule has 31 heavy (non-hydrogen) atoms. The van der Waals surface area contributed by atoms with Gasteiger partial charge in [0.05, 0.1) is 29.3 Å². The zero-order valence-electron chi connectivity index (χ0n) is 18.2. The molecule has 8 atom stereocenters. The number of hydrogen-bond acceptors (Lipinski definition) is 5. The third-order valence-corrected chi connectivity index (χ3v) is 10.5. The SMILES string of the molecule is O=C(O)C1CC2CCCC2C(S(=O)(=O)NC2CCC(OCC3CCCCN3)C(Cl)C2)C1. The highest BCUT2D eigenvalue weighted by Gasteiger charge is 2.48. The number of halogens is 1. The number of aliphatic carboxylic acids is 1. The Balaban J connectivity index is 1.31. The molecular formula is C22H37ClN2O5S. The smallest absolute Gasteiger partial charge is 0.306 e. The Bertz CT molecular complexity index is 729. The van der Waals surface area contributed by atoms with Gasteiger partial charge in [0, 0.05) is 12.1 Å². The Morgan fingerprint density at radius 1 is 1.06 bits per heavy atom. The molecule has 3 N–H and O–H groups in total. The Kier molecular flexibility index (Phi) is 7.84. The molecule has 1 saturated heterocycles. The minimum absolute atomic E-state index is 0.0450. The normalized spacial score (nSPS) is 41.6. The van der Waals surface area contributed by atoms with Crippen molar-refractivity contribution in [1.29, 1.82) is 0 Å². The topological polar surface area (TPSA) is 105 Å². The molecule has 178 valence electrons. The van der Waals surface area contributed by atoms with Gasteiger partial charge in [-0.2, -0.15) is 0 Å². The monoisotopic (exact) mass is 476 g/mol. The van der Waals surface area contributed by atoms with E-state index in [4.69, 9.17) is 16.3 Å². The van der Waals surface area contributed by atoms with Crippen LogP contribution in [0.3, 0.4) is 0 Å². The summed E-state index contributed by atoms with van der Waals surface area (Å²) >= 11 is 6.61. The fourth-order valence-corrected chi connectivity index (χ4v) is 8.90. The predicted molar refractivity (Wildman–Crippen MR) is 120 cm³/mol. The van der Waals surface area contributed by atoms with Crippen molar-refractivity contribution in [3.05, 3.63) is 0 Å². The van der Waals surface area contributed by atoms with Crippen LogP contribution in [-0.2, 0) is 19.6 Å². The fraction of sp³-hybridized carbons (Fsp3) is 0.955. The molecule has 4 fully saturated rings. The minimum atomic E-state index is -3.60. The van der Waals surface area contributed by atoms with Gasteiger partial charge in [-0.05, 0) is 69.7 Å². The summed E-state index contributed by atoms with van der Waals surface area (Å²) in [6, 6.07) is 0.187. The molecule has 0 aromatic carbocycles. The number of nitrogens with one attached hydrogen (secondary N) is 2. The summed E-state index contributed by atoms with van der Waals surface area (Å²) in [6.07, 6.45) is 9.19. The number of carboxylic acids is 1. The number of rotatable bonds is 7. The number of fused-ring (bicyclic) bond motifs is 1. The summed E-state index contributed by atoms with van der Waals surface area (Å²) in [6.45, 7) is 1.70. The highest BCUT2D eigenvalue weighted by atomic mass is 35.5. The van der Waals surface area contributed by atoms with E-state index in [1.54, 1.807) is 0 Å². The van der Waals surface area contributed by atoms with Crippen LogP contribution in [0.5, 0.6) is 0 Å². The first-order valence-electron chi connectivity index (χ1n) is 12.1. The van der Waals surface area contributed by atoms with E-state index in [-0.39, 0.29) is 35.8 Å². The molecule has 1 aliphatic heterocycles. The van der Waals surface area contributed by atoms with Crippen LogP contribution in [-0.4, -0.2) is 61.5 Å². The standard InChI is InChI=1S/C22H37ClN2O5S/c23-19-12-16(7-8-20(19)30-13-17-5-1-2-9-24-17)25-31(28,29)21-11-15(22(26)27)10-14-4-3-6-18(14)21/h14-21,24-25H,1-13H2,(H,26,27). The zero-order valence-corrected chi connectivity index (χ0v) is 19.8. The number of piperidine rings is 1. The van der Waals surface area contributed by atoms with E-state index in [2.05, 4.69) is 10.0 Å². The van der Waals surface area contributed by atoms with Crippen molar-refractivity contribution in [3.63, 3.8) is 0 Å². The van der Waals surface area contributed by atoms with Crippen molar-refractivity contribution in [2.24, 2.45) is 17.8 Å². The molecule has 7 nitrogen and oxygen atoms in total. The van der Waals surface area contributed by atoms with Gasteiger partial charge in [-0.25, -0.2) is 13.1 Å². The average Bonchev–Trinajstić information content (AvgIpc) is 3.21. The molecule has 3 saturated carbocycles. The molecule has 1 heterocycles. The van der Waals surface area contributed by atoms with E-state index in [1.807, 2.05) is 0 Å². The van der Waals surface area contributed by atoms with Crippen LogP contribution in [0.15, 0.2) is 0 Å². The van der Waals surface area contributed by atoms with E-state index < -0.39 is 27.2 Å². The number of carbonyl (C=O) groups is 1. The summed E-state index contributed by atoms with van der Waals surface area (Å²) in [5, 5.41) is 12.2. The average molecular weight is 477 g/mol. The van der Waals surface area contributed by atoms with Gasteiger partial charge in [0.2, 0.25) is 10.0 Å². The lowest BCUT2D eigenvalue weighted by Crippen LogP contribution is -2.51. The number of ether oxygens (including phenoxy) is 1. The molecule has 0 aromatic heterocycles. The van der Waals surface area contributed by atoms with Gasteiger partial charge in [0.1, 0.15) is 0 Å². The summed E-state index contributed by atoms with van der Waals surface area (Å²) in [7, 11) is -3.60. The Labute approximate surface area is 191 Å². The summed E-state index contributed by atoms with van der Waals surface area (Å²) in [5.41, 5.74) is 0. The summed E-state index contributed by atoms with van der Waals surface area (Å²) in [5.74, 6) is -1.12. The van der Waals surface area contributed by atoms with Crippen LogP contribution in [0.25, 0.3) is 0 Å². The molecule has 0 spiro atoms. The maximum atomic E-state index is 13.3. The van der Waals surface area contributed by atoms with Gasteiger partial charge in [-0.15, -0.1) is 11.6 Å². The molecule has 4 aliphatic rings. The fourth-order valence-electron chi connectivity index (χ4n) is 6.33. The van der Waals surface area contributed by atoms with Crippen LogP contribution in [0.2, 0.25) is 0 Å². The number of carboxylic acid groups (broad SMARTS) is 1. The predicted octanol–water partition coefficient (Wildman–Crippen LogP) is 2.87. The lowest BCUT2D eigenvalue weighted by molar-refractivity contribution is -0.143. The highest BCUT2D eigenvalue weighted by molar-refractivity contribution is 7.90. The van der Waals surface area contributed by atoms with E-state index in [0.29, 0.717) is 31.9 Å². The molecule has 8 unspecified atom stereocenters. The first kappa shape index (κ1) is 23.7. The molecule has 9 heteroatoms. The largest absolute Gasteiger partial charge is 0.481 e. The van der Waals surface area contributed by atoms with Crippen molar-refractivity contribution in [2.45, 2.75) is 99.4 Å². The first-order valence-corrected chi connectivity index (χ1v) is 14.0. The number of alkyl halides is 1. The second-order valence-corrected chi connectivity index (χ2v) is 12.6. The van der Waals surface area contributed by atoms with E-state index in [0.717, 1.165) is 38.6 Å². The lowest BCUT2D eigenvalue weighted by atomic mass is 9.75. The van der Waals surface area contributed by atoms with Gasteiger partial charge in [-0.3, -0.25) is 4.79 Å². The van der Waals surface area contributed by atoms with E-state index in [1.165, 1.54) is 12.8 Å². The van der Waals surface area contributed by atoms with Crippen LogP contribution in [0.1, 0.15) is 70.6 Å². The van der Waals surface area contributed by atoms with E-state index >= 15 is 0 Å². The Morgan fingerprint density at radius 3 is 2.61 bits per heavy atom. The molecule has 4 rings (SSSR count). The summed E-state index contributed by atoms with van der Waals surface area (Å²) in [4.78, 5) is 11.6. The van der Waals surface area contributed by atoms with Crippen molar-refractivity contribution in [3.8, 4) is 0 Å². The quantitative estimate of drug-likeness (QED) is 0.488. The van der Waals surface area contributed by atoms with Crippen molar-refractivity contribution < 1.29 is 23.1 Å². The highest BCUT2D eigenvalue weighted by Crippen LogP contribution is 2.47. The molecule has 0 bridgehead atoms. The van der Waals surface area contributed by atoms with Crippen LogP contribution in [0.4, 0.5) is 0 Å². The van der Waals surface area contributed by atoms with Crippen LogP contribution >= 0.6 is 11.6 Å². The third-order valence-electron chi connectivity index (χ3n) is 8.01. The molecule has 0 aromatic rings. The van der Waals surface area contributed by atoms with Crippen molar-refractivity contribution in [2.75, 3.05) is 13.2 Å². The molecule has 0 amide bonds. The van der Waals surface area contributed by atoms with Gasteiger partial charge < -0.3 is 15.2 Å². The van der Waals surface area contributed by atoms with Gasteiger partial charge in [-0.1, -0.05) is 19.3 Å². The Hall–Kier alpha value is -0.410. The molecule has 3 aliphatic carbocycles. The van der Waals surface area contributed by atoms with Gasteiger partial charge >= 0.3 is 5.97 Å². The number of hydrogen-bond donors (Lipinski definition) is 3. The van der Waals surface area contributed by atoms with Crippen molar-refractivity contribution >= 4 is 27.6 Å². The summed E-state index contributed by atoms with van der Waals surface area (Å²) < 4.78 is 35.6. The second kappa shape index (κ2) is 10.2. The van der Waals surface area contributed by atoms with Gasteiger partial charge in [0.15, 0.2) is 0 Å². The lowest BCUT2D eigenvalue weighted by Gasteiger charge is -2.39. The van der Waals surface area contributed by atoms with Gasteiger partial charge in [0.25, 0.3) is 0 Å².